The molecule has 0 aliphatic carbocycles. The molecule has 0 aromatic carbocycles. The zero-order valence-corrected chi connectivity index (χ0v) is 14.7. The number of nitrogens with zero attached hydrogens (tertiary/aromatic N) is 4. The van der Waals surface area contributed by atoms with Gasteiger partial charge in [0.15, 0.2) is 0 Å². The topological polar surface area (TPSA) is 62.5 Å². The van der Waals surface area contributed by atoms with E-state index in [2.05, 4.69) is 22.0 Å². The highest BCUT2D eigenvalue weighted by Crippen LogP contribution is 2.29. The highest BCUT2D eigenvalue weighted by Gasteiger charge is 2.34. The van der Waals surface area contributed by atoms with Crippen LogP contribution in [0.25, 0.3) is 10.7 Å². The largest absolute Gasteiger partial charge is 0.342 e. The van der Waals surface area contributed by atoms with Crippen molar-refractivity contribution >= 4 is 17.2 Å². The molecule has 0 radical (unpaired) electrons. The number of amides is 1. The molecule has 2 saturated heterocycles. The Kier molecular flexibility index (Phi) is 4.37. The number of likely N-dealkylation sites (tertiary alicyclic amines) is 2. The predicted molar refractivity (Wildman–Crippen MR) is 91.8 cm³/mol. The SMILES string of the molecule is CC1CCN(C(=O)CN2CC(c3nc(-c4cccs4)no3)C2)CC1. The molecular weight excluding hydrogens is 324 g/mol. The van der Waals surface area contributed by atoms with Gasteiger partial charge in [-0.05, 0) is 30.2 Å². The average molecular weight is 346 g/mol. The lowest BCUT2D eigenvalue weighted by molar-refractivity contribution is -0.135. The quantitative estimate of drug-likeness (QED) is 0.851. The molecule has 24 heavy (non-hydrogen) atoms. The van der Waals surface area contributed by atoms with E-state index >= 15 is 0 Å². The van der Waals surface area contributed by atoms with Gasteiger partial charge in [0.25, 0.3) is 0 Å². The number of carbonyl (C=O) groups is 1. The third-order valence-corrected chi connectivity index (χ3v) is 5.85. The van der Waals surface area contributed by atoms with Crippen molar-refractivity contribution in [3.63, 3.8) is 0 Å². The fourth-order valence-corrected chi connectivity index (χ4v) is 3.96. The van der Waals surface area contributed by atoms with E-state index in [1.807, 2.05) is 22.4 Å². The van der Waals surface area contributed by atoms with Gasteiger partial charge >= 0.3 is 0 Å². The molecule has 0 saturated carbocycles. The molecule has 7 heteroatoms. The van der Waals surface area contributed by atoms with Gasteiger partial charge in [-0.2, -0.15) is 4.98 Å². The number of carbonyl (C=O) groups excluding carboxylic acids is 1. The van der Waals surface area contributed by atoms with Crippen LogP contribution >= 0.6 is 11.3 Å². The molecule has 4 heterocycles. The van der Waals surface area contributed by atoms with Crippen molar-refractivity contribution in [2.24, 2.45) is 5.92 Å². The van der Waals surface area contributed by atoms with Crippen LogP contribution in [0.2, 0.25) is 0 Å². The Labute approximate surface area is 145 Å². The number of piperidine rings is 1. The van der Waals surface area contributed by atoms with Crippen molar-refractivity contribution < 1.29 is 9.32 Å². The lowest BCUT2D eigenvalue weighted by Gasteiger charge is -2.38. The zero-order valence-electron chi connectivity index (χ0n) is 13.9. The summed E-state index contributed by atoms with van der Waals surface area (Å²) in [5.41, 5.74) is 0. The van der Waals surface area contributed by atoms with Crippen molar-refractivity contribution in [3.05, 3.63) is 23.4 Å². The molecule has 0 unspecified atom stereocenters. The van der Waals surface area contributed by atoms with Crippen molar-refractivity contribution in [1.82, 2.24) is 19.9 Å². The minimum atomic E-state index is 0.250. The van der Waals surface area contributed by atoms with Crippen LogP contribution in [0.1, 0.15) is 31.6 Å². The van der Waals surface area contributed by atoms with E-state index in [0.29, 0.717) is 18.3 Å². The Morgan fingerprint density at radius 2 is 2.17 bits per heavy atom. The summed E-state index contributed by atoms with van der Waals surface area (Å²) in [5, 5.41) is 6.06. The molecule has 2 fully saturated rings. The highest BCUT2D eigenvalue weighted by molar-refractivity contribution is 7.13. The number of hydrogen-bond donors (Lipinski definition) is 0. The lowest BCUT2D eigenvalue weighted by atomic mass is 9.98. The fraction of sp³-hybridized carbons (Fsp3) is 0.588. The second-order valence-corrected chi connectivity index (χ2v) is 7.84. The molecule has 2 aromatic heterocycles. The van der Waals surface area contributed by atoms with Crippen LogP contribution in [-0.2, 0) is 4.79 Å². The van der Waals surface area contributed by atoms with Gasteiger partial charge in [0, 0.05) is 26.2 Å². The molecule has 2 aromatic rings. The van der Waals surface area contributed by atoms with Gasteiger partial charge in [0.2, 0.25) is 17.6 Å². The summed E-state index contributed by atoms with van der Waals surface area (Å²) < 4.78 is 5.40. The first kappa shape index (κ1) is 15.8. The van der Waals surface area contributed by atoms with E-state index in [4.69, 9.17) is 4.52 Å². The van der Waals surface area contributed by atoms with E-state index in [0.717, 1.165) is 49.8 Å². The van der Waals surface area contributed by atoms with Gasteiger partial charge in [0.05, 0.1) is 17.3 Å². The molecule has 6 nitrogen and oxygen atoms in total. The zero-order chi connectivity index (χ0) is 16.5. The molecule has 2 aliphatic rings. The molecule has 0 spiro atoms. The van der Waals surface area contributed by atoms with Gasteiger partial charge in [-0.3, -0.25) is 9.69 Å². The van der Waals surface area contributed by atoms with Crippen molar-refractivity contribution in [1.29, 1.82) is 0 Å². The first-order valence-corrected chi connectivity index (χ1v) is 9.44. The number of aromatic nitrogens is 2. The standard InChI is InChI=1S/C17H22N4O2S/c1-12-4-6-21(7-5-12)15(22)11-20-9-13(10-20)17-18-16(19-23-17)14-3-2-8-24-14/h2-3,8,12-13H,4-7,9-11H2,1H3. The molecule has 0 atom stereocenters. The summed E-state index contributed by atoms with van der Waals surface area (Å²) in [6.45, 7) is 6.23. The van der Waals surface area contributed by atoms with E-state index in [9.17, 15) is 4.79 Å². The van der Waals surface area contributed by atoms with E-state index in [-0.39, 0.29) is 11.8 Å². The summed E-state index contributed by atoms with van der Waals surface area (Å²) in [6, 6.07) is 3.97. The number of hydrogen-bond acceptors (Lipinski definition) is 6. The summed E-state index contributed by atoms with van der Waals surface area (Å²) in [5.74, 6) is 2.61. The second-order valence-electron chi connectivity index (χ2n) is 6.89. The lowest BCUT2D eigenvalue weighted by Crippen LogP contribution is -2.51. The summed E-state index contributed by atoms with van der Waals surface area (Å²) >= 11 is 1.61. The van der Waals surface area contributed by atoms with E-state index in [1.165, 1.54) is 0 Å². The van der Waals surface area contributed by atoms with E-state index in [1.54, 1.807) is 11.3 Å². The normalized spacial score (nSPS) is 20.3. The van der Waals surface area contributed by atoms with Crippen LogP contribution in [0, 0.1) is 5.92 Å². The molecule has 1 amide bonds. The monoisotopic (exact) mass is 346 g/mol. The summed E-state index contributed by atoms with van der Waals surface area (Å²) in [4.78, 5) is 22.0. The Balaban J connectivity index is 1.27. The van der Waals surface area contributed by atoms with Gasteiger partial charge in [-0.25, -0.2) is 0 Å². The first-order valence-electron chi connectivity index (χ1n) is 8.56. The maximum absolute atomic E-state index is 12.3. The summed E-state index contributed by atoms with van der Waals surface area (Å²) in [7, 11) is 0. The Morgan fingerprint density at radius 3 is 2.88 bits per heavy atom. The van der Waals surface area contributed by atoms with E-state index < -0.39 is 0 Å². The predicted octanol–water partition coefficient (Wildman–Crippen LogP) is 2.46. The Bertz CT molecular complexity index is 685. The average Bonchev–Trinajstić information content (AvgIpc) is 3.21. The van der Waals surface area contributed by atoms with Crippen LogP contribution in [0.3, 0.4) is 0 Å². The molecule has 2 aliphatic heterocycles. The van der Waals surface area contributed by atoms with Crippen LogP contribution in [0.4, 0.5) is 0 Å². The fourth-order valence-electron chi connectivity index (χ4n) is 3.31. The molecule has 128 valence electrons. The molecule has 0 N–H and O–H groups in total. The minimum absolute atomic E-state index is 0.250. The Morgan fingerprint density at radius 1 is 1.38 bits per heavy atom. The highest BCUT2D eigenvalue weighted by atomic mass is 32.1. The van der Waals surface area contributed by atoms with Crippen LogP contribution in [0.15, 0.2) is 22.0 Å². The first-order chi connectivity index (χ1) is 11.7. The number of thiophene rings is 1. The maximum atomic E-state index is 12.3. The summed E-state index contributed by atoms with van der Waals surface area (Å²) in [6.07, 6.45) is 2.25. The maximum Gasteiger partial charge on any atom is 0.236 e. The van der Waals surface area contributed by atoms with Crippen molar-refractivity contribution in [3.8, 4) is 10.7 Å². The minimum Gasteiger partial charge on any atom is -0.342 e. The number of rotatable bonds is 4. The van der Waals surface area contributed by atoms with Gasteiger partial charge < -0.3 is 9.42 Å². The molecule has 4 rings (SSSR count). The van der Waals surface area contributed by atoms with Gasteiger partial charge in [0.1, 0.15) is 0 Å². The van der Waals surface area contributed by atoms with Crippen LogP contribution in [-0.4, -0.2) is 58.6 Å². The van der Waals surface area contributed by atoms with Crippen molar-refractivity contribution in [2.75, 3.05) is 32.7 Å². The molecule has 0 bridgehead atoms. The van der Waals surface area contributed by atoms with Gasteiger partial charge in [-0.1, -0.05) is 18.1 Å². The van der Waals surface area contributed by atoms with Crippen molar-refractivity contribution in [2.45, 2.75) is 25.7 Å². The van der Waals surface area contributed by atoms with Crippen LogP contribution in [0.5, 0.6) is 0 Å². The van der Waals surface area contributed by atoms with Gasteiger partial charge in [-0.15, -0.1) is 11.3 Å². The smallest absolute Gasteiger partial charge is 0.236 e. The third kappa shape index (κ3) is 3.23. The van der Waals surface area contributed by atoms with Crippen LogP contribution < -0.4 is 0 Å². The Hall–Kier alpha value is -1.73. The second kappa shape index (κ2) is 6.64. The third-order valence-electron chi connectivity index (χ3n) is 4.98. The molecular formula is C17H22N4O2S.